The number of carbonyl (C=O) groups is 2. The van der Waals surface area contributed by atoms with E-state index in [2.05, 4.69) is 5.32 Å². The largest absolute Gasteiger partial charge is 0.497 e. The Morgan fingerprint density at radius 2 is 2.03 bits per heavy atom. The minimum Gasteiger partial charge on any atom is -0.497 e. The average molecular weight is 441 g/mol. The molecule has 0 unspecified atom stereocenters. The molecule has 0 radical (unpaired) electrons. The lowest BCUT2D eigenvalue weighted by atomic mass is 10.1. The van der Waals surface area contributed by atoms with E-state index in [1.165, 1.54) is 11.8 Å². The van der Waals surface area contributed by atoms with Gasteiger partial charge in [0.2, 0.25) is 5.91 Å². The number of nitrogens with one attached hydrogen (secondary N) is 1. The first-order valence-electron chi connectivity index (χ1n) is 9.64. The monoisotopic (exact) mass is 440 g/mol. The molecule has 3 rings (SSSR count). The lowest BCUT2D eigenvalue weighted by Crippen LogP contribution is -2.29. The van der Waals surface area contributed by atoms with Crippen molar-refractivity contribution in [2.24, 2.45) is 0 Å². The number of hydrogen-bond donors (Lipinski definition) is 1. The van der Waals surface area contributed by atoms with Crippen LogP contribution in [0.1, 0.15) is 29.5 Å². The fraction of sp³-hybridized carbons (Fsp3) is 0.261. The number of thioether (sulfide) groups is 1. The van der Waals surface area contributed by atoms with Crippen molar-refractivity contribution in [1.82, 2.24) is 4.90 Å². The number of methoxy groups -OCH3 is 1. The van der Waals surface area contributed by atoms with E-state index in [4.69, 9.17) is 17.0 Å². The molecule has 0 bridgehead atoms. The predicted octanol–water partition coefficient (Wildman–Crippen LogP) is 4.93. The van der Waals surface area contributed by atoms with Crippen molar-refractivity contribution in [3.05, 3.63) is 64.1 Å². The van der Waals surface area contributed by atoms with E-state index in [0.29, 0.717) is 28.6 Å². The summed E-state index contributed by atoms with van der Waals surface area (Å²) in [6.07, 6.45) is 2.67. The van der Waals surface area contributed by atoms with Crippen LogP contribution in [-0.4, -0.2) is 34.7 Å². The van der Waals surface area contributed by atoms with Gasteiger partial charge in [0.25, 0.3) is 5.91 Å². The number of amides is 2. The number of benzene rings is 2. The minimum absolute atomic E-state index is 0.0701. The van der Waals surface area contributed by atoms with Crippen molar-refractivity contribution in [2.45, 2.75) is 26.7 Å². The molecular formula is C23H24N2O3S2. The molecule has 1 saturated heterocycles. The second-order valence-corrected chi connectivity index (χ2v) is 8.76. The van der Waals surface area contributed by atoms with Crippen LogP contribution in [0, 0.1) is 13.8 Å². The summed E-state index contributed by atoms with van der Waals surface area (Å²) in [7, 11) is 1.61. The summed E-state index contributed by atoms with van der Waals surface area (Å²) in [5, 5.41) is 2.93. The third-order valence-electron chi connectivity index (χ3n) is 4.71. The number of thiocarbonyl (C=S) groups is 1. The van der Waals surface area contributed by atoms with Crippen LogP contribution < -0.4 is 10.1 Å². The number of nitrogens with zero attached hydrogens (tertiary/aromatic N) is 1. The van der Waals surface area contributed by atoms with Gasteiger partial charge in [-0.1, -0.05) is 53.8 Å². The molecule has 5 nitrogen and oxygen atoms in total. The quantitative estimate of drug-likeness (QED) is 0.489. The Balaban J connectivity index is 1.55. The molecule has 1 aliphatic heterocycles. The van der Waals surface area contributed by atoms with Gasteiger partial charge in [-0.3, -0.25) is 14.5 Å². The molecule has 1 heterocycles. The summed E-state index contributed by atoms with van der Waals surface area (Å²) in [6, 6.07) is 13.4. The summed E-state index contributed by atoms with van der Waals surface area (Å²) in [5.74, 6) is 0.538. The maximum atomic E-state index is 12.7. The Bertz CT molecular complexity index is 1020. The summed E-state index contributed by atoms with van der Waals surface area (Å²) < 4.78 is 5.74. The van der Waals surface area contributed by atoms with Crippen molar-refractivity contribution in [3.63, 3.8) is 0 Å². The van der Waals surface area contributed by atoms with Crippen LogP contribution in [0.25, 0.3) is 6.08 Å². The Hall–Kier alpha value is -2.64. The number of anilines is 1. The normalized spacial score (nSPS) is 15.0. The van der Waals surface area contributed by atoms with Gasteiger partial charge in [0.05, 0.1) is 12.0 Å². The first-order valence-corrected chi connectivity index (χ1v) is 10.9. The lowest BCUT2D eigenvalue weighted by molar-refractivity contribution is -0.122. The molecule has 156 valence electrons. The first-order chi connectivity index (χ1) is 14.4. The van der Waals surface area contributed by atoms with E-state index < -0.39 is 0 Å². The number of carbonyl (C=O) groups excluding carboxylic acids is 2. The van der Waals surface area contributed by atoms with Crippen molar-refractivity contribution in [1.29, 1.82) is 0 Å². The number of hydrogen-bond acceptors (Lipinski definition) is 5. The van der Waals surface area contributed by atoms with Gasteiger partial charge in [0.1, 0.15) is 10.1 Å². The van der Waals surface area contributed by atoms with E-state index >= 15 is 0 Å². The third-order valence-corrected chi connectivity index (χ3v) is 6.08. The summed E-state index contributed by atoms with van der Waals surface area (Å²) in [4.78, 5) is 27.2. The fourth-order valence-corrected chi connectivity index (χ4v) is 4.45. The molecule has 1 fully saturated rings. The zero-order chi connectivity index (χ0) is 21.7. The highest BCUT2D eigenvalue weighted by Gasteiger charge is 2.31. The van der Waals surface area contributed by atoms with Crippen LogP contribution in [0.5, 0.6) is 5.75 Å². The molecular weight excluding hydrogens is 416 g/mol. The number of ether oxygens (including phenoxy) is 1. The Labute approximate surface area is 186 Å². The molecule has 7 heteroatoms. The van der Waals surface area contributed by atoms with Crippen molar-refractivity contribution in [3.8, 4) is 5.75 Å². The highest BCUT2D eigenvalue weighted by molar-refractivity contribution is 8.26. The van der Waals surface area contributed by atoms with Crippen LogP contribution in [0.2, 0.25) is 0 Å². The lowest BCUT2D eigenvalue weighted by Gasteiger charge is -2.14. The highest BCUT2D eigenvalue weighted by atomic mass is 32.2. The topological polar surface area (TPSA) is 58.6 Å². The highest BCUT2D eigenvalue weighted by Crippen LogP contribution is 2.33. The maximum Gasteiger partial charge on any atom is 0.266 e. The average Bonchev–Trinajstić information content (AvgIpc) is 2.97. The molecule has 2 aromatic carbocycles. The van der Waals surface area contributed by atoms with Gasteiger partial charge < -0.3 is 10.1 Å². The van der Waals surface area contributed by atoms with Crippen molar-refractivity contribution in [2.75, 3.05) is 19.0 Å². The van der Waals surface area contributed by atoms with E-state index in [0.717, 1.165) is 28.1 Å². The summed E-state index contributed by atoms with van der Waals surface area (Å²) >= 11 is 6.66. The van der Waals surface area contributed by atoms with Gasteiger partial charge in [-0.15, -0.1) is 0 Å². The smallest absolute Gasteiger partial charge is 0.266 e. The second kappa shape index (κ2) is 9.91. The number of rotatable bonds is 7. The van der Waals surface area contributed by atoms with Crippen LogP contribution in [0.15, 0.2) is 47.4 Å². The van der Waals surface area contributed by atoms with E-state index in [1.54, 1.807) is 12.0 Å². The minimum atomic E-state index is -0.123. The Morgan fingerprint density at radius 1 is 1.23 bits per heavy atom. The molecule has 1 N–H and O–H groups in total. The first kappa shape index (κ1) is 22.1. The zero-order valence-electron chi connectivity index (χ0n) is 17.2. The van der Waals surface area contributed by atoms with E-state index in [9.17, 15) is 9.59 Å². The molecule has 30 heavy (non-hydrogen) atoms. The summed E-state index contributed by atoms with van der Waals surface area (Å²) in [6.45, 7) is 4.40. The van der Waals surface area contributed by atoms with Gasteiger partial charge >= 0.3 is 0 Å². The molecule has 1 aliphatic rings. The summed E-state index contributed by atoms with van der Waals surface area (Å²) in [5.41, 5.74) is 3.88. The maximum absolute atomic E-state index is 12.7. The van der Waals surface area contributed by atoms with E-state index in [-0.39, 0.29) is 11.8 Å². The van der Waals surface area contributed by atoms with E-state index in [1.807, 2.05) is 62.4 Å². The zero-order valence-corrected chi connectivity index (χ0v) is 18.9. The molecule has 0 spiro atoms. The van der Waals surface area contributed by atoms with Gasteiger partial charge in [-0.05, 0) is 55.7 Å². The van der Waals surface area contributed by atoms with Crippen LogP contribution in [-0.2, 0) is 9.59 Å². The third kappa shape index (κ3) is 5.49. The molecule has 2 aromatic rings. The van der Waals surface area contributed by atoms with Crippen molar-refractivity contribution < 1.29 is 14.3 Å². The standard InChI is InChI=1S/C23H24N2O3S2/c1-15-9-10-19(16(2)12-15)24-21(26)8-5-11-25-22(27)20(30-23(25)29)14-17-6-4-7-18(13-17)28-3/h4,6-7,9-10,12-14H,5,8,11H2,1-3H3,(H,24,26)/b20-14-. The molecule has 2 amide bonds. The number of aryl methyl sites for hydroxylation is 2. The van der Waals surface area contributed by atoms with Crippen LogP contribution in [0.4, 0.5) is 5.69 Å². The molecule has 0 aliphatic carbocycles. The van der Waals surface area contributed by atoms with Crippen LogP contribution >= 0.6 is 24.0 Å². The second-order valence-electron chi connectivity index (χ2n) is 7.08. The predicted molar refractivity (Wildman–Crippen MR) is 127 cm³/mol. The van der Waals surface area contributed by atoms with Crippen LogP contribution in [0.3, 0.4) is 0 Å². The molecule has 0 atom stereocenters. The van der Waals surface area contributed by atoms with Gasteiger partial charge in [-0.25, -0.2) is 0 Å². The van der Waals surface area contributed by atoms with Gasteiger partial charge in [0, 0.05) is 18.7 Å². The Morgan fingerprint density at radius 3 is 2.77 bits per heavy atom. The SMILES string of the molecule is COc1cccc(/C=C2\SC(=S)N(CCCC(=O)Nc3ccc(C)cc3C)C2=O)c1. The Kier molecular flexibility index (Phi) is 7.29. The van der Waals surface area contributed by atoms with Gasteiger partial charge in [-0.2, -0.15) is 0 Å². The fourth-order valence-electron chi connectivity index (χ4n) is 3.14. The molecule has 0 saturated carbocycles. The van der Waals surface area contributed by atoms with Crippen molar-refractivity contribution >= 4 is 51.9 Å². The molecule has 0 aromatic heterocycles. The van der Waals surface area contributed by atoms with Gasteiger partial charge in [0.15, 0.2) is 0 Å².